The molecule has 0 aliphatic carbocycles. The predicted octanol–water partition coefficient (Wildman–Crippen LogP) is 3.85. The zero-order valence-corrected chi connectivity index (χ0v) is 18.3. The van der Waals surface area contributed by atoms with Gasteiger partial charge in [-0.05, 0) is 29.7 Å². The molecule has 0 unspecified atom stereocenters. The average Bonchev–Trinajstić information content (AvgIpc) is 3.35. The van der Waals surface area contributed by atoms with E-state index in [1.807, 2.05) is 25.3 Å². The summed E-state index contributed by atoms with van der Waals surface area (Å²) in [5.74, 6) is 0.665. The van der Waals surface area contributed by atoms with Crippen molar-refractivity contribution in [2.45, 2.75) is 22.5 Å². The summed E-state index contributed by atoms with van der Waals surface area (Å²) in [6, 6.07) is 1.82. The maximum Gasteiger partial charge on any atom is 0.267 e. The van der Waals surface area contributed by atoms with Gasteiger partial charge < -0.3 is 0 Å². The van der Waals surface area contributed by atoms with E-state index in [1.165, 1.54) is 45.8 Å². The standard InChI is InChI=1S/C14H14N6O2S5/c1-3-23-13-19-17-11(26-13)15-9(21)6-25-14-20-18-12(27-14)16-10(22)8-4-7(2)5-24-8/h4-5H,3,6H2,1-2H3,(H,15,17,21)(H,16,18,22). The molecule has 0 aromatic carbocycles. The summed E-state index contributed by atoms with van der Waals surface area (Å²) in [5.41, 5.74) is 1.04. The molecule has 13 heteroatoms. The van der Waals surface area contributed by atoms with Crippen LogP contribution in [0.4, 0.5) is 10.3 Å². The number of hydrogen-bond donors (Lipinski definition) is 2. The Balaban J connectivity index is 1.47. The minimum Gasteiger partial charge on any atom is -0.300 e. The number of carbonyl (C=O) groups excluding carboxylic acids is 2. The molecule has 3 aromatic rings. The summed E-state index contributed by atoms with van der Waals surface area (Å²) in [4.78, 5) is 24.7. The van der Waals surface area contributed by atoms with Crippen LogP contribution >= 0.6 is 57.5 Å². The number of aromatic nitrogens is 4. The van der Waals surface area contributed by atoms with E-state index >= 15 is 0 Å². The Labute approximate surface area is 175 Å². The predicted molar refractivity (Wildman–Crippen MR) is 113 cm³/mol. The molecule has 0 aliphatic heterocycles. The maximum absolute atomic E-state index is 12.1. The van der Waals surface area contributed by atoms with Crippen LogP contribution in [0.5, 0.6) is 0 Å². The van der Waals surface area contributed by atoms with Crippen LogP contribution in [0.15, 0.2) is 20.1 Å². The van der Waals surface area contributed by atoms with E-state index in [0.29, 0.717) is 19.5 Å². The van der Waals surface area contributed by atoms with Gasteiger partial charge >= 0.3 is 0 Å². The molecule has 0 bridgehead atoms. The first-order valence-corrected chi connectivity index (χ1v) is 12.1. The second-order valence-corrected chi connectivity index (χ2v) is 10.6. The van der Waals surface area contributed by atoms with Crippen molar-refractivity contribution in [2.75, 3.05) is 22.1 Å². The molecule has 3 heterocycles. The van der Waals surface area contributed by atoms with E-state index in [0.717, 1.165) is 15.7 Å². The molecule has 0 saturated heterocycles. The van der Waals surface area contributed by atoms with Gasteiger partial charge in [0.05, 0.1) is 10.6 Å². The largest absolute Gasteiger partial charge is 0.300 e. The lowest BCUT2D eigenvalue weighted by Gasteiger charge is -1.98. The third kappa shape index (κ3) is 5.97. The van der Waals surface area contributed by atoms with Gasteiger partial charge in [0.15, 0.2) is 8.68 Å². The van der Waals surface area contributed by atoms with Crippen molar-refractivity contribution in [3.8, 4) is 0 Å². The Morgan fingerprint density at radius 1 is 1.04 bits per heavy atom. The second kappa shape index (κ2) is 9.59. The molecule has 0 fully saturated rings. The third-order valence-corrected chi connectivity index (χ3v) is 7.70. The molecule has 2 amide bonds. The number of thioether (sulfide) groups is 2. The van der Waals surface area contributed by atoms with Crippen molar-refractivity contribution in [1.29, 1.82) is 0 Å². The van der Waals surface area contributed by atoms with Crippen molar-refractivity contribution >= 4 is 79.6 Å². The fraction of sp³-hybridized carbons (Fsp3) is 0.286. The van der Waals surface area contributed by atoms with Crippen LogP contribution in [0, 0.1) is 6.92 Å². The van der Waals surface area contributed by atoms with Gasteiger partial charge in [0.1, 0.15) is 0 Å². The van der Waals surface area contributed by atoms with Crippen LogP contribution in [-0.4, -0.2) is 43.7 Å². The van der Waals surface area contributed by atoms with Crippen LogP contribution in [0.1, 0.15) is 22.2 Å². The Hall–Kier alpha value is -1.54. The summed E-state index contributed by atoms with van der Waals surface area (Å²) in [6.45, 7) is 3.96. The van der Waals surface area contributed by atoms with Crippen LogP contribution in [0.3, 0.4) is 0 Å². The molecule has 3 rings (SSSR count). The lowest BCUT2D eigenvalue weighted by molar-refractivity contribution is -0.113. The maximum atomic E-state index is 12.1. The first-order valence-electron chi connectivity index (χ1n) is 7.62. The van der Waals surface area contributed by atoms with Crippen molar-refractivity contribution in [3.63, 3.8) is 0 Å². The topological polar surface area (TPSA) is 110 Å². The van der Waals surface area contributed by atoms with Crippen LogP contribution in [0.2, 0.25) is 0 Å². The van der Waals surface area contributed by atoms with Crippen molar-refractivity contribution in [1.82, 2.24) is 20.4 Å². The van der Waals surface area contributed by atoms with Gasteiger partial charge in [-0.2, -0.15) is 0 Å². The molecule has 0 saturated carbocycles. The Bertz CT molecular complexity index is 936. The highest BCUT2D eigenvalue weighted by Crippen LogP contribution is 2.28. The number of aryl methyl sites for hydroxylation is 1. The van der Waals surface area contributed by atoms with Crippen molar-refractivity contribution in [3.05, 3.63) is 21.9 Å². The van der Waals surface area contributed by atoms with Crippen LogP contribution < -0.4 is 10.6 Å². The van der Waals surface area contributed by atoms with Gasteiger partial charge in [-0.3, -0.25) is 20.2 Å². The Kier molecular flexibility index (Phi) is 7.18. The molecule has 0 aliphatic rings. The minimum absolute atomic E-state index is 0.169. The number of nitrogens with one attached hydrogen (secondary N) is 2. The van der Waals surface area contributed by atoms with Gasteiger partial charge in [-0.15, -0.1) is 31.7 Å². The van der Waals surface area contributed by atoms with Gasteiger partial charge in [-0.25, -0.2) is 0 Å². The zero-order chi connectivity index (χ0) is 19.2. The summed E-state index contributed by atoms with van der Waals surface area (Å²) < 4.78 is 1.42. The number of anilines is 2. The summed E-state index contributed by atoms with van der Waals surface area (Å²) in [7, 11) is 0. The smallest absolute Gasteiger partial charge is 0.267 e. The van der Waals surface area contributed by atoms with Crippen LogP contribution in [0.25, 0.3) is 0 Å². The lowest BCUT2D eigenvalue weighted by atomic mass is 10.3. The Morgan fingerprint density at radius 2 is 1.70 bits per heavy atom. The molecule has 27 heavy (non-hydrogen) atoms. The molecule has 2 N–H and O–H groups in total. The summed E-state index contributed by atoms with van der Waals surface area (Å²) in [5, 5.41) is 24.1. The molecular weight excluding hydrogens is 445 g/mol. The minimum atomic E-state index is -0.212. The molecule has 3 aromatic heterocycles. The summed E-state index contributed by atoms with van der Waals surface area (Å²) >= 11 is 6.78. The van der Waals surface area contributed by atoms with E-state index in [1.54, 1.807) is 11.8 Å². The first kappa shape index (κ1) is 20.2. The van der Waals surface area contributed by atoms with Gasteiger partial charge in [0.2, 0.25) is 16.2 Å². The van der Waals surface area contributed by atoms with Crippen molar-refractivity contribution < 1.29 is 9.59 Å². The van der Waals surface area contributed by atoms with Gasteiger partial charge in [0, 0.05) is 0 Å². The second-order valence-electron chi connectivity index (χ2n) is 4.96. The molecule has 0 radical (unpaired) electrons. The lowest BCUT2D eigenvalue weighted by Crippen LogP contribution is -2.13. The number of nitrogens with zero attached hydrogens (tertiary/aromatic N) is 4. The number of carbonyl (C=O) groups is 2. The van der Waals surface area contributed by atoms with E-state index in [-0.39, 0.29) is 17.6 Å². The van der Waals surface area contributed by atoms with E-state index in [4.69, 9.17) is 0 Å². The highest BCUT2D eigenvalue weighted by atomic mass is 32.2. The number of rotatable bonds is 8. The first-order chi connectivity index (χ1) is 13.0. The summed E-state index contributed by atoms with van der Waals surface area (Å²) in [6.07, 6.45) is 0. The number of thiophene rings is 1. The normalized spacial score (nSPS) is 10.7. The highest BCUT2D eigenvalue weighted by molar-refractivity contribution is 8.01. The molecule has 142 valence electrons. The fourth-order valence-corrected chi connectivity index (χ4v) is 5.76. The van der Waals surface area contributed by atoms with Crippen LogP contribution in [-0.2, 0) is 4.79 Å². The Morgan fingerprint density at radius 3 is 2.33 bits per heavy atom. The van der Waals surface area contributed by atoms with E-state index in [9.17, 15) is 9.59 Å². The zero-order valence-electron chi connectivity index (χ0n) is 14.2. The SMILES string of the molecule is CCSc1nnc(NC(=O)CSc2nnc(NC(=O)c3cc(C)cs3)s2)s1. The van der Waals surface area contributed by atoms with Gasteiger partial charge in [-0.1, -0.05) is 53.1 Å². The van der Waals surface area contributed by atoms with Crippen molar-refractivity contribution in [2.24, 2.45) is 0 Å². The molecule has 8 nitrogen and oxygen atoms in total. The molecule has 0 spiro atoms. The van der Waals surface area contributed by atoms with E-state index < -0.39 is 0 Å². The molecular formula is C14H14N6O2S5. The average molecular weight is 459 g/mol. The molecule has 0 atom stereocenters. The van der Waals surface area contributed by atoms with Gasteiger partial charge in [0.25, 0.3) is 5.91 Å². The fourth-order valence-electron chi connectivity index (χ4n) is 1.75. The van der Waals surface area contributed by atoms with E-state index in [2.05, 4.69) is 31.0 Å². The highest BCUT2D eigenvalue weighted by Gasteiger charge is 2.14. The quantitative estimate of drug-likeness (QED) is 0.387. The number of hydrogen-bond acceptors (Lipinski definition) is 11. The number of amides is 2. The monoisotopic (exact) mass is 458 g/mol. The third-order valence-electron chi connectivity index (χ3n) is 2.83.